The summed E-state index contributed by atoms with van der Waals surface area (Å²) in [5.74, 6) is 0. The molecule has 0 aliphatic heterocycles. The molecule has 0 N–H and O–H groups in total. The lowest BCUT2D eigenvalue weighted by molar-refractivity contribution is 0.824. The highest BCUT2D eigenvalue weighted by atomic mass is 35.5. The smallest absolute Gasteiger partial charge is 0.0848 e. The van der Waals surface area contributed by atoms with Gasteiger partial charge in [0.15, 0.2) is 0 Å². The molecule has 0 amide bonds. The van der Waals surface area contributed by atoms with Crippen molar-refractivity contribution in [3.63, 3.8) is 0 Å². The van der Waals surface area contributed by atoms with Gasteiger partial charge in [0.1, 0.15) is 0 Å². The minimum absolute atomic E-state index is 0.735. The molecule has 1 aromatic carbocycles. The van der Waals surface area contributed by atoms with Gasteiger partial charge >= 0.3 is 0 Å². The first-order chi connectivity index (χ1) is 8.15. The molecule has 1 heterocycles. The second-order valence-electron chi connectivity index (χ2n) is 4.02. The van der Waals surface area contributed by atoms with Crippen molar-refractivity contribution in [2.75, 3.05) is 0 Å². The molecule has 0 atom stereocenters. The highest BCUT2D eigenvalue weighted by Crippen LogP contribution is 2.24. The van der Waals surface area contributed by atoms with E-state index in [4.69, 9.17) is 11.6 Å². The van der Waals surface area contributed by atoms with E-state index in [0.717, 1.165) is 28.5 Å². The third kappa shape index (κ3) is 2.13. The normalized spacial score (nSPS) is 10.5. The minimum atomic E-state index is 0.735. The standard InChI is InChI=1S/C14H15ClN2/c1-4-7-12-8-5-6-9-13(12)17-11(3)14(15)10(2)16-17/h4-6,8-9H,1,7H2,2-3H3. The van der Waals surface area contributed by atoms with Crippen molar-refractivity contribution in [2.24, 2.45) is 0 Å². The lowest BCUT2D eigenvalue weighted by Crippen LogP contribution is -2.02. The van der Waals surface area contributed by atoms with Gasteiger partial charge in [-0.25, -0.2) is 4.68 Å². The minimum Gasteiger partial charge on any atom is -0.236 e. The first-order valence-corrected chi connectivity index (χ1v) is 5.94. The van der Waals surface area contributed by atoms with Crippen LogP contribution in [0, 0.1) is 13.8 Å². The van der Waals surface area contributed by atoms with E-state index in [0.29, 0.717) is 0 Å². The Morgan fingerprint density at radius 1 is 1.35 bits per heavy atom. The molecule has 0 fully saturated rings. The maximum Gasteiger partial charge on any atom is 0.0848 e. The van der Waals surface area contributed by atoms with Crippen LogP contribution >= 0.6 is 11.6 Å². The van der Waals surface area contributed by atoms with E-state index in [2.05, 4.69) is 23.8 Å². The predicted octanol–water partition coefficient (Wildman–Crippen LogP) is 3.87. The first kappa shape index (κ1) is 11.9. The van der Waals surface area contributed by atoms with E-state index in [9.17, 15) is 0 Å². The summed E-state index contributed by atoms with van der Waals surface area (Å²) >= 11 is 6.17. The third-order valence-corrected chi connectivity index (χ3v) is 3.33. The molecule has 0 bridgehead atoms. The van der Waals surface area contributed by atoms with Gasteiger partial charge in [0.05, 0.1) is 22.1 Å². The molecule has 17 heavy (non-hydrogen) atoms. The highest BCUT2D eigenvalue weighted by Gasteiger charge is 2.12. The van der Waals surface area contributed by atoms with Crippen LogP contribution in [0.25, 0.3) is 5.69 Å². The van der Waals surface area contributed by atoms with Crippen LogP contribution in [0.15, 0.2) is 36.9 Å². The largest absolute Gasteiger partial charge is 0.236 e. The molecule has 1 aromatic heterocycles. The van der Waals surface area contributed by atoms with Crippen LogP contribution in [0.5, 0.6) is 0 Å². The topological polar surface area (TPSA) is 17.8 Å². The van der Waals surface area contributed by atoms with Crippen LogP contribution in [-0.4, -0.2) is 9.78 Å². The number of nitrogens with zero attached hydrogens (tertiary/aromatic N) is 2. The van der Waals surface area contributed by atoms with Crippen LogP contribution in [0.1, 0.15) is 17.0 Å². The quantitative estimate of drug-likeness (QED) is 0.752. The number of benzene rings is 1. The van der Waals surface area contributed by atoms with Crippen LogP contribution in [0.4, 0.5) is 0 Å². The number of halogens is 1. The Labute approximate surface area is 107 Å². The van der Waals surface area contributed by atoms with Crippen LogP contribution in [0.3, 0.4) is 0 Å². The Bertz CT molecular complexity index is 555. The molecular weight excluding hydrogens is 232 g/mol. The van der Waals surface area contributed by atoms with Crippen molar-refractivity contribution >= 4 is 11.6 Å². The second kappa shape index (κ2) is 4.76. The maximum atomic E-state index is 6.17. The van der Waals surface area contributed by atoms with E-state index in [-0.39, 0.29) is 0 Å². The number of para-hydroxylation sites is 1. The van der Waals surface area contributed by atoms with Gasteiger partial charge in [-0.05, 0) is 31.9 Å². The summed E-state index contributed by atoms with van der Waals surface area (Å²) in [5.41, 5.74) is 4.10. The van der Waals surface area contributed by atoms with E-state index >= 15 is 0 Å². The lowest BCUT2D eigenvalue weighted by Gasteiger charge is -2.09. The fourth-order valence-corrected chi connectivity index (χ4v) is 2.02. The van der Waals surface area contributed by atoms with E-state index in [1.807, 2.05) is 36.7 Å². The van der Waals surface area contributed by atoms with Gasteiger partial charge in [0.2, 0.25) is 0 Å². The number of hydrogen-bond donors (Lipinski definition) is 0. The molecule has 3 heteroatoms. The summed E-state index contributed by atoms with van der Waals surface area (Å²) in [6, 6.07) is 8.16. The lowest BCUT2D eigenvalue weighted by atomic mass is 10.1. The Balaban J connectivity index is 2.59. The van der Waals surface area contributed by atoms with Crippen LogP contribution < -0.4 is 0 Å². The van der Waals surface area contributed by atoms with Gasteiger partial charge in [0.25, 0.3) is 0 Å². The SMILES string of the molecule is C=CCc1ccccc1-n1nc(C)c(Cl)c1C. The summed E-state index contributed by atoms with van der Waals surface area (Å²) in [6.45, 7) is 7.68. The van der Waals surface area contributed by atoms with E-state index in [1.54, 1.807) is 0 Å². The fourth-order valence-electron chi connectivity index (χ4n) is 1.90. The molecule has 0 aliphatic carbocycles. The molecule has 2 aromatic rings. The van der Waals surface area contributed by atoms with Gasteiger partial charge in [-0.1, -0.05) is 35.9 Å². The van der Waals surface area contributed by atoms with Crippen LogP contribution in [-0.2, 0) is 6.42 Å². The average molecular weight is 247 g/mol. The van der Waals surface area contributed by atoms with Gasteiger partial charge in [-0.2, -0.15) is 5.10 Å². The number of hydrogen-bond acceptors (Lipinski definition) is 1. The van der Waals surface area contributed by atoms with Gasteiger partial charge in [0, 0.05) is 0 Å². The molecule has 2 rings (SSSR count). The van der Waals surface area contributed by atoms with Gasteiger partial charge in [-0.15, -0.1) is 6.58 Å². The first-order valence-electron chi connectivity index (χ1n) is 5.56. The zero-order valence-electron chi connectivity index (χ0n) is 10.1. The number of rotatable bonds is 3. The predicted molar refractivity (Wildman–Crippen MR) is 71.9 cm³/mol. The van der Waals surface area contributed by atoms with E-state index in [1.165, 1.54) is 5.56 Å². The number of allylic oxidation sites excluding steroid dienone is 1. The van der Waals surface area contributed by atoms with Crippen molar-refractivity contribution in [3.05, 3.63) is 58.9 Å². The Kier molecular flexibility index (Phi) is 3.34. The van der Waals surface area contributed by atoms with Crippen molar-refractivity contribution in [2.45, 2.75) is 20.3 Å². The summed E-state index contributed by atoms with van der Waals surface area (Å²) in [4.78, 5) is 0. The Morgan fingerprint density at radius 3 is 2.65 bits per heavy atom. The summed E-state index contributed by atoms with van der Waals surface area (Å²) in [6.07, 6.45) is 2.72. The molecule has 88 valence electrons. The molecular formula is C14H15ClN2. The van der Waals surface area contributed by atoms with Crippen molar-refractivity contribution in [1.29, 1.82) is 0 Å². The number of aromatic nitrogens is 2. The van der Waals surface area contributed by atoms with Crippen molar-refractivity contribution < 1.29 is 0 Å². The van der Waals surface area contributed by atoms with Crippen LogP contribution in [0.2, 0.25) is 5.02 Å². The van der Waals surface area contributed by atoms with E-state index < -0.39 is 0 Å². The zero-order chi connectivity index (χ0) is 12.4. The molecule has 0 spiro atoms. The number of aryl methyl sites for hydroxylation is 1. The summed E-state index contributed by atoms with van der Waals surface area (Å²) < 4.78 is 1.90. The average Bonchev–Trinajstić information content (AvgIpc) is 2.58. The monoisotopic (exact) mass is 246 g/mol. The highest BCUT2D eigenvalue weighted by molar-refractivity contribution is 6.31. The zero-order valence-corrected chi connectivity index (χ0v) is 10.8. The molecule has 0 saturated carbocycles. The van der Waals surface area contributed by atoms with Gasteiger partial charge < -0.3 is 0 Å². The van der Waals surface area contributed by atoms with Gasteiger partial charge in [-0.3, -0.25) is 0 Å². The molecule has 0 unspecified atom stereocenters. The summed E-state index contributed by atoms with van der Waals surface area (Å²) in [7, 11) is 0. The third-order valence-electron chi connectivity index (χ3n) is 2.79. The fraction of sp³-hybridized carbons (Fsp3) is 0.214. The molecule has 2 nitrogen and oxygen atoms in total. The molecule has 0 aliphatic rings. The Hall–Kier alpha value is -1.54. The molecule has 0 saturated heterocycles. The Morgan fingerprint density at radius 2 is 2.06 bits per heavy atom. The maximum absolute atomic E-state index is 6.17. The summed E-state index contributed by atoms with van der Waals surface area (Å²) in [5, 5.41) is 5.21. The van der Waals surface area contributed by atoms with Crippen molar-refractivity contribution in [1.82, 2.24) is 9.78 Å². The molecule has 0 radical (unpaired) electrons. The van der Waals surface area contributed by atoms with Crippen molar-refractivity contribution in [3.8, 4) is 5.69 Å². The second-order valence-corrected chi connectivity index (χ2v) is 4.40.